The van der Waals surface area contributed by atoms with Gasteiger partial charge >= 0.3 is 0 Å². The molecule has 20 heavy (non-hydrogen) atoms. The van der Waals surface area contributed by atoms with Crippen LogP contribution in [0.3, 0.4) is 0 Å². The van der Waals surface area contributed by atoms with E-state index in [1.54, 1.807) is 19.6 Å². The van der Waals surface area contributed by atoms with E-state index in [0.29, 0.717) is 5.02 Å². The molecule has 3 nitrogen and oxygen atoms in total. The zero-order chi connectivity index (χ0) is 14.4. The lowest BCUT2D eigenvalue weighted by atomic mass is 9.99. The van der Waals surface area contributed by atoms with Crippen molar-refractivity contribution in [2.75, 3.05) is 13.7 Å². The molecule has 0 fully saturated rings. The Morgan fingerprint density at radius 2 is 2.20 bits per heavy atom. The molecule has 0 aliphatic carbocycles. The minimum Gasteiger partial charge on any atom is -0.496 e. The number of furan rings is 1. The van der Waals surface area contributed by atoms with Crippen LogP contribution < -0.4 is 10.1 Å². The van der Waals surface area contributed by atoms with E-state index < -0.39 is 0 Å². The summed E-state index contributed by atoms with van der Waals surface area (Å²) in [4.78, 5) is 0. The number of rotatable bonds is 7. The third-order valence-electron chi connectivity index (χ3n) is 3.23. The van der Waals surface area contributed by atoms with Gasteiger partial charge in [0.25, 0.3) is 0 Å². The molecule has 0 aliphatic rings. The van der Waals surface area contributed by atoms with E-state index in [2.05, 4.69) is 12.2 Å². The summed E-state index contributed by atoms with van der Waals surface area (Å²) in [7, 11) is 1.67. The number of nitrogens with one attached hydrogen (secondary N) is 1. The Bertz CT molecular complexity index is 525. The Kier molecular flexibility index (Phi) is 5.50. The first-order valence-corrected chi connectivity index (χ1v) is 7.20. The molecular formula is C16H20ClNO2. The molecule has 0 aliphatic heterocycles. The second-order valence-corrected chi connectivity index (χ2v) is 5.17. The first-order chi connectivity index (χ1) is 9.74. The number of ether oxygens (including phenoxy) is 1. The Labute approximate surface area is 124 Å². The maximum absolute atomic E-state index is 6.03. The fraction of sp³-hybridized carbons (Fsp3) is 0.375. The SMILES string of the molecule is CCCNC(Cc1ccoc1)c1ccc(Cl)cc1OC. The molecule has 1 aromatic heterocycles. The van der Waals surface area contributed by atoms with Gasteiger partial charge in [0.1, 0.15) is 5.75 Å². The van der Waals surface area contributed by atoms with Crippen LogP contribution in [0.15, 0.2) is 41.2 Å². The van der Waals surface area contributed by atoms with Gasteiger partial charge in [0.2, 0.25) is 0 Å². The Balaban J connectivity index is 2.25. The van der Waals surface area contributed by atoms with E-state index in [9.17, 15) is 0 Å². The van der Waals surface area contributed by atoms with Gasteiger partial charge in [-0.1, -0.05) is 24.6 Å². The number of hydrogen-bond donors (Lipinski definition) is 1. The topological polar surface area (TPSA) is 34.4 Å². The van der Waals surface area contributed by atoms with Gasteiger partial charge in [-0.15, -0.1) is 0 Å². The average molecular weight is 294 g/mol. The standard InChI is InChI=1S/C16H20ClNO2/c1-3-7-18-15(9-12-6-8-20-11-12)14-5-4-13(17)10-16(14)19-2/h4-6,8,10-11,15,18H,3,7,9H2,1-2H3. The van der Waals surface area contributed by atoms with Gasteiger partial charge in [0.15, 0.2) is 0 Å². The van der Waals surface area contributed by atoms with Gasteiger partial charge in [0, 0.05) is 16.6 Å². The molecule has 2 rings (SSSR count). The van der Waals surface area contributed by atoms with Crippen molar-refractivity contribution < 1.29 is 9.15 Å². The highest BCUT2D eigenvalue weighted by molar-refractivity contribution is 6.30. The first-order valence-electron chi connectivity index (χ1n) is 6.82. The van der Waals surface area contributed by atoms with Crippen LogP contribution in [0, 0.1) is 0 Å². The summed E-state index contributed by atoms with van der Waals surface area (Å²) < 4.78 is 10.6. The summed E-state index contributed by atoms with van der Waals surface area (Å²) in [5.41, 5.74) is 2.28. The summed E-state index contributed by atoms with van der Waals surface area (Å²) in [6.07, 6.45) is 5.42. The number of halogens is 1. The fourth-order valence-corrected chi connectivity index (χ4v) is 2.39. The van der Waals surface area contributed by atoms with E-state index in [-0.39, 0.29) is 6.04 Å². The molecule has 0 saturated heterocycles. The van der Waals surface area contributed by atoms with Crippen LogP contribution in [0.2, 0.25) is 5.02 Å². The van der Waals surface area contributed by atoms with Crippen molar-refractivity contribution in [3.63, 3.8) is 0 Å². The normalized spacial score (nSPS) is 12.3. The highest BCUT2D eigenvalue weighted by atomic mass is 35.5. The molecule has 1 atom stereocenters. The van der Waals surface area contributed by atoms with Crippen molar-refractivity contribution in [1.29, 1.82) is 0 Å². The van der Waals surface area contributed by atoms with Crippen molar-refractivity contribution in [2.45, 2.75) is 25.8 Å². The summed E-state index contributed by atoms with van der Waals surface area (Å²) in [6.45, 7) is 3.11. The van der Waals surface area contributed by atoms with Crippen LogP contribution in [0.5, 0.6) is 5.75 Å². The lowest BCUT2D eigenvalue weighted by Crippen LogP contribution is -2.24. The summed E-state index contributed by atoms with van der Waals surface area (Å²) in [6, 6.07) is 7.94. The van der Waals surface area contributed by atoms with Crippen molar-refractivity contribution in [2.24, 2.45) is 0 Å². The van der Waals surface area contributed by atoms with E-state index >= 15 is 0 Å². The average Bonchev–Trinajstić information content (AvgIpc) is 2.96. The number of benzene rings is 1. The maximum atomic E-state index is 6.03. The molecule has 1 unspecified atom stereocenters. The highest BCUT2D eigenvalue weighted by Gasteiger charge is 2.17. The van der Waals surface area contributed by atoms with Gasteiger partial charge in [-0.05, 0) is 43.1 Å². The molecular weight excluding hydrogens is 274 g/mol. The number of hydrogen-bond acceptors (Lipinski definition) is 3. The van der Waals surface area contributed by atoms with Crippen LogP contribution in [0.4, 0.5) is 0 Å². The molecule has 0 bridgehead atoms. The predicted molar refractivity (Wildman–Crippen MR) is 81.5 cm³/mol. The van der Waals surface area contributed by atoms with Gasteiger partial charge < -0.3 is 14.5 Å². The molecule has 1 aromatic carbocycles. The van der Waals surface area contributed by atoms with Crippen LogP contribution in [0.25, 0.3) is 0 Å². The van der Waals surface area contributed by atoms with Crippen molar-refractivity contribution in [1.82, 2.24) is 5.32 Å². The van der Waals surface area contributed by atoms with E-state index in [1.165, 1.54) is 0 Å². The third kappa shape index (κ3) is 3.78. The summed E-state index contributed by atoms with van der Waals surface area (Å²) in [5, 5.41) is 4.24. The van der Waals surface area contributed by atoms with Crippen LogP contribution in [-0.2, 0) is 6.42 Å². The van der Waals surface area contributed by atoms with Crippen molar-refractivity contribution >= 4 is 11.6 Å². The van der Waals surface area contributed by atoms with E-state index in [4.69, 9.17) is 20.8 Å². The largest absolute Gasteiger partial charge is 0.496 e. The molecule has 4 heteroatoms. The smallest absolute Gasteiger partial charge is 0.125 e. The van der Waals surface area contributed by atoms with Crippen molar-refractivity contribution in [3.05, 3.63) is 52.9 Å². The van der Waals surface area contributed by atoms with Crippen molar-refractivity contribution in [3.8, 4) is 5.75 Å². The minimum atomic E-state index is 0.180. The van der Waals surface area contributed by atoms with Crippen LogP contribution >= 0.6 is 11.6 Å². The Morgan fingerprint density at radius 1 is 1.35 bits per heavy atom. The first kappa shape index (κ1) is 14.9. The molecule has 1 heterocycles. The van der Waals surface area contributed by atoms with E-state index in [0.717, 1.165) is 36.3 Å². The van der Waals surface area contributed by atoms with Crippen LogP contribution in [0.1, 0.15) is 30.5 Å². The second kappa shape index (κ2) is 7.36. The third-order valence-corrected chi connectivity index (χ3v) is 3.47. The van der Waals surface area contributed by atoms with E-state index in [1.807, 2.05) is 24.3 Å². The zero-order valence-corrected chi connectivity index (χ0v) is 12.6. The lowest BCUT2D eigenvalue weighted by molar-refractivity contribution is 0.398. The Morgan fingerprint density at radius 3 is 2.85 bits per heavy atom. The second-order valence-electron chi connectivity index (χ2n) is 4.73. The lowest BCUT2D eigenvalue weighted by Gasteiger charge is -2.21. The molecule has 2 aromatic rings. The quantitative estimate of drug-likeness (QED) is 0.830. The fourth-order valence-electron chi connectivity index (χ4n) is 2.23. The summed E-state index contributed by atoms with van der Waals surface area (Å²) >= 11 is 6.03. The van der Waals surface area contributed by atoms with Crippen LogP contribution in [-0.4, -0.2) is 13.7 Å². The number of methoxy groups -OCH3 is 1. The van der Waals surface area contributed by atoms with Gasteiger partial charge in [0.05, 0.1) is 19.6 Å². The molecule has 1 N–H and O–H groups in total. The molecule has 0 amide bonds. The highest BCUT2D eigenvalue weighted by Crippen LogP contribution is 2.30. The predicted octanol–water partition coefficient (Wildman–Crippen LogP) is 4.23. The summed E-state index contributed by atoms with van der Waals surface area (Å²) in [5.74, 6) is 0.814. The van der Waals surface area contributed by atoms with Gasteiger partial charge in [-0.25, -0.2) is 0 Å². The molecule has 0 radical (unpaired) electrons. The maximum Gasteiger partial charge on any atom is 0.125 e. The molecule has 0 saturated carbocycles. The molecule has 0 spiro atoms. The van der Waals surface area contributed by atoms with Gasteiger partial charge in [-0.3, -0.25) is 0 Å². The van der Waals surface area contributed by atoms with Gasteiger partial charge in [-0.2, -0.15) is 0 Å². The Hall–Kier alpha value is -1.45. The zero-order valence-electron chi connectivity index (χ0n) is 11.9. The minimum absolute atomic E-state index is 0.180. The monoisotopic (exact) mass is 293 g/mol. The molecule has 108 valence electrons.